The van der Waals surface area contributed by atoms with Crippen LogP contribution in [0.1, 0.15) is 300 Å². The van der Waals surface area contributed by atoms with E-state index in [2.05, 4.69) is 0 Å². The van der Waals surface area contributed by atoms with Gasteiger partial charge in [0.05, 0.1) is 0 Å². The first-order valence-corrected chi connectivity index (χ1v) is 37.1. The highest BCUT2D eigenvalue weighted by Gasteiger charge is 2.10. The van der Waals surface area contributed by atoms with Crippen LogP contribution < -0.4 is 14.2 Å². The van der Waals surface area contributed by atoms with Crippen LogP contribution in [0, 0.1) is 0 Å². The normalized spacial score (nSPS) is 9.33. The highest BCUT2D eigenvalue weighted by Crippen LogP contribution is 2.29. The van der Waals surface area contributed by atoms with Gasteiger partial charge in [-0.25, -0.2) is 0 Å². The van der Waals surface area contributed by atoms with E-state index in [-0.39, 0.29) is 126 Å². The van der Waals surface area contributed by atoms with Gasteiger partial charge in [0.15, 0.2) is 81.0 Å². The van der Waals surface area contributed by atoms with Gasteiger partial charge in [0.2, 0.25) is 0 Å². The monoisotopic (exact) mass is 1650 g/mol. The second-order valence-electron chi connectivity index (χ2n) is 25.3. The van der Waals surface area contributed by atoms with Crippen LogP contribution in [0.15, 0.2) is 265 Å². The molecule has 11 aromatic rings. The van der Waals surface area contributed by atoms with Crippen LogP contribution in [0.25, 0.3) is 10.8 Å². The molecule has 18 heteroatoms. The van der Waals surface area contributed by atoms with Crippen molar-refractivity contribution in [3.63, 3.8) is 0 Å². The fraction of sp³-hybridized carbons (Fsp3) is 0.235. The van der Waals surface area contributed by atoms with Gasteiger partial charge in [0.1, 0.15) is 36.2 Å². The van der Waals surface area contributed by atoms with E-state index >= 15 is 0 Å². The van der Waals surface area contributed by atoms with Crippen LogP contribution in [0.3, 0.4) is 0 Å². The maximum atomic E-state index is 11.2. The number of benzene rings is 11. The molecule has 0 saturated heterocycles. The number of Topliss-reactive ketones (excluding diaryl/α,β-unsaturated/α-hetero) is 14. The topological polar surface area (TPSA) is 267 Å². The number of carbonyl (C=O) groups is 14. The van der Waals surface area contributed by atoms with Crippen molar-refractivity contribution in [1.29, 1.82) is 0 Å². The van der Waals surface area contributed by atoms with Crippen molar-refractivity contribution < 1.29 is 81.3 Å². The number of hydrogen-bond acceptors (Lipinski definition) is 18. The van der Waals surface area contributed by atoms with Crippen LogP contribution >= 0.6 is 11.8 Å². The van der Waals surface area contributed by atoms with Gasteiger partial charge in [-0.1, -0.05) is 185 Å². The summed E-state index contributed by atoms with van der Waals surface area (Å²) in [4.78, 5) is 157. The molecule has 0 atom stereocenters. The molecule has 0 bridgehead atoms. The first kappa shape index (κ1) is 111. The Balaban J connectivity index is -0.00000133. The standard InChI is InChI=1S/C18H18O4.C16H14O3.C16H14O2S.C14H12O2.3C10H10O2.C2H6.6CH4/c1-13(19)15-3-7-17(8-4-15)21-11-12-22-18-9-5-16(6-10-18)14(2)20;2*1-11(17)13-3-7-15(8-4-13)19-16-9-5-14(6-10-16)12(2)18;1-9(15)11-3-5-14-8-12(10(2)16)4-6-13(14)7-11;2*1-7(11)9-3-5-10(6-4-9)8(2)12;1-7(11)9-4-3-5-10(6-9)8(2)12;1-2;;;;;;/h3-10H,11-12H2,1-2H3;2*3-10H,1-2H3;3-8H,1-2H3;3*3-6H,1-2H3;1-2H3;6*1H4. The third-order valence-electron chi connectivity index (χ3n) is 16.4. The maximum Gasteiger partial charge on any atom is 0.159 e. The number of ether oxygens (including phenoxy) is 3. The predicted octanol–water partition coefficient (Wildman–Crippen LogP) is 26.0. The number of fused-ring (bicyclic) bond motifs is 1. The molecule has 0 heterocycles. The minimum atomic E-state index is -0.0156. The van der Waals surface area contributed by atoms with E-state index in [4.69, 9.17) is 14.2 Å². The van der Waals surface area contributed by atoms with E-state index in [1.807, 2.05) is 86.6 Å². The lowest BCUT2D eigenvalue weighted by atomic mass is 10.0. The van der Waals surface area contributed by atoms with Gasteiger partial charge in [-0.05, 0) is 247 Å². The summed E-state index contributed by atoms with van der Waals surface area (Å²) in [7, 11) is 0. The quantitative estimate of drug-likeness (QED) is 0.0425. The fourth-order valence-electron chi connectivity index (χ4n) is 9.71. The number of rotatable bonds is 23. The molecular weight excluding hydrogens is 1530 g/mol. The van der Waals surface area contributed by atoms with Gasteiger partial charge in [0, 0.05) is 87.7 Å². The second-order valence-corrected chi connectivity index (χ2v) is 26.5. The second kappa shape index (κ2) is 57.0. The molecule has 0 N–H and O–H groups in total. The summed E-state index contributed by atoms with van der Waals surface area (Å²) in [6.45, 7) is 26.1. The largest absolute Gasteiger partial charge is 0.490 e. The third kappa shape index (κ3) is 39.2. The molecule has 0 amide bonds. The van der Waals surface area contributed by atoms with E-state index in [0.29, 0.717) is 103 Å². The van der Waals surface area contributed by atoms with Crippen molar-refractivity contribution >= 4 is 103 Å². The smallest absolute Gasteiger partial charge is 0.159 e. The molecule has 11 aromatic carbocycles. The van der Waals surface area contributed by atoms with Crippen molar-refractivity contribution in [3.8, 4) is 23.0 Å². The summed E-state index contributed by atoms with van der Waals surface area (Å²) >= 11 is 1.61. The van der Waals surface area contributed by atoms with Gasteiger partial charge < -0.3 is 14.2 Å². The Hall–Kier alpha value is -13.2. The van der Waals surface area contributed by atoms with Crippen LogP contribution in [0.2, 0.25) is 0 Å². The summed E-state index contributed by atoms with van der Waals surface area (Å²) in [5.41, 5.74) is 9.19. The molecule has 0 aliphatic heterocycles. The molecule has 17 nitrogen and oxygen atoms in total. The van der Waals surface area contributed by atoms with E-state index in [9.17, 15) is 67.1 Å². The van der Waals surface area contributed by atoms with Gasteiger partial charge >= 0.3 is 0 Å². The average molecular weight is 1650 g/mol. The lowest BCUT2D eigenvalue weighted by Gasteiger charge is -2.09. The van der Waals surface area contributed by atoms with Gasteiger partial charge in [-0.2, -0.15) is 0 Å². The molecule has 0 spiro atoms. The summed E-state index contributed by atoms with van der Waals surface area (Å²) in [6, 6.07) is 74.0. The Morgan fingerprint density at radius 3 is 0.550 bits per heavy atom. The summed E-state index contributed by atoms with van der Waals surface area (Å²) in [5.74, 6) is 3.10. The van der Waals surface area contributed by atoms with Crippen molar-refractivity contribution in [2.45, 2.75) is 165 Å². The zero-order valence-corrected chi connectivity index (χ0v) is 67.8. The molecule has 0 unspecified atom stereocenters. The van der Waals surface area contributed by atoms with Gasteiger partial charge in [-0.3, -0.25) is 67.1 Å². The first-order chi connectivity index (χ1) is 54.1. The summed E-state index contributed by atoms with van der Waals surface area (Å²) in [6.07, 6.45) is 0. The molecular formula is C102H118O17S. The summed E-state index contributed by atoms with van der Waals surface area (Å²) < 4.78 is 16.7. The first-order valence-electron chi connectivity index (χ1n) is 36.3. The highest BCUT2D eigenvalue weighted by molar-refractivity contribution is 7.99. The molecule has 0 radical (unpaired) electrons. The fourth-order valence-corrected chi connectivity index (χ4v) is 10.5. The average Bonchev–Trinajstić information content (AvgIpc) is 0.816. The molecule has 0 saturated carbocycles. The molecule has 120 heavy (non-hydrogen) atoms. The zero-order chi connectivity index (χ0) is 84.7. The van der Waals surface area contributed by atoms with Gasteiger partial charge in [0.25, 0.3) is 0 Å². The van der Waals surface area contributed by atoms with Crippen molar-refractivity contribution in [2.75, 3.05) is 13.2 Å². The van der Waals surface area contributed by atoms with Gasteiger partial charge in [-0.15, -0.1) is 0 Å². The summed E-state index contributed by atoms with van der Waals surface area (Å²) in [5, 5.41) is 1.97. The Labute approximate surface area is 714 Å². The van der Waals surface area contributed by atoms with E-state index in [1.165, 1.54) is 69.2 Å². The van der Waals surface area contributed by atoms with E-state index in [1.54, 1.807) is 221 Å². The lowest BCUT2D eigenvalue weighted by Crippen LogP contribution is -2.09. The SMILES string of the molecule is C.C.C.C.C.C.CC.CC(=O)c1ccc(C(C)=O)cc1.CC(=O)c1ccc(C(C)=O)cc1.CC(=O)c1ccc(OCCOc2ccc(C(C)=O)cc2)cc1.CC(=O)c1ccc(Oc2ccc(C(C)=O)cc2)cc1.CC(=O)c1ccc(Sc2ccc(C(C)=O)cc2)cc1.CC(=O)c1ccc2cc(C(C)=O)ccc2c1.CC(=O)c1cccc(C(C)=O)c1. The van der Waals surface area contributed by atoms with E-state index in [0.717, 1.165) is 31.7 Å². The predicted molar refractivity (Wildman–Crippen MR) is 489 cm³/mol. The molecule has 11 rings (SSSR count). The van der Waals surface area contributed by atoms with Crippen LogP contribution in [-0.4, -0.2) is 94.2 Å². The number of ketones is 14. The number of carbonyl (C=O) groups excluding carboxylic acids is 14. The Morgan fingerprint density at radius 2 is 0.358 bits per heavy atom. The minimum absolute atomic E-state index is 0. The molecule has 0 aromatic heterocycles. The molecule has 0 aliphatic carbocycles. The molecule has 634 valence electrons. The van der Waals surface area contributed by atoms with Crippen molar-refractivity contribution in [1.82, 2.24) is 0 Å². The number of hydrogen-bond donors (Lipinski definition) is 0. The van der Waals surface area contributed by atoms with Crippen molar-refractivity contribution in [3.05, 3.63) is 333 Å². The van der Waals surface area contributed by atoms with E-state index < -0.39 is 0 Å². The van der Waals surface area contributed by atoms with Crippen LogP contribution in [-0.2, 0) is 0 Å². The minimum Gasteiger partial charge on any atom is -0.490 e. The Bertz CT molecular complexity index is 4680. The zero-order valence-electron chi connectivity index (χ0n) is 67.0. The molecule has 0 fully saturated rings. The highest BCUT2D eigenvalue weighted by atomic mass is 32.2. The third-order valence-corrected chi connectivity index (χ3v) is 17.4. The lowest BCUT2D eigenvalue weighted by molar-refractivity contribution is 0.0999. The van der Waals surface area contributed by atoms with Crippen molar-refractivity contribution in [2.24, 2.45) is 0 Å². The Morgan fingerprint density at radius 1 is 0.200 bits per heavy atom. The van der Waals surface area contributed by atoms with Crippen LogP contribution in [0.4, 0.5) is 0 Å². The maximum absolute atomic E-state index is 11.2. The molecule has 0 aliphatic rings. The van der Waals surface area contributed by atoms with Crippen LogP contribution in [0.5, 0.6) is 23.0 Å². The Kier molecular flexibility index (Phi) is 52.7.